The van der Waals surface area contributed by atoms with Gasteiger partial charge in [0, 0.05) is 18.2 Å². The van der Waals surface area contributed by atoms with E-state index < -0.39 is 10.8 Å². The molecule has 5 nitrogen and oxygen atoms in total. The monoisotopic (exact) mass is 316 g/mol. The van der Waals surface area contributed by atoms with Crippen LogP contribution in [0.3, 0.4) is 0 Å². The normalized spacial score (nSPS) is 20.6. The van der Waals surface area contributed by atoms with Gasteiger partial charge in [-0.3, -0.25) is 14.9 Å². The van der Waals surface area contributed by atoms with Gasteiger partial charge >= 0.3 is 0 Å². The highest BCUT2D eigenvalue weighted by molar-refractivity contribution is 6.44. The minimum Gasteiger partial charge on any atom is -0.349 e. The number of nitro groups is 1. The van der Waals surface area contributed by atoms with E-state index in [9.17, 15) is 14.9 Å². The van der Waals surface area contributed by atoms with Gasteiger partial charge in [-0.25, -0.2) is 0 Å². The van der Waals surface area contributed by atoms with E-state index in [0.29, 0.717) is 5.92 Å². The zero-order valence-corrected chi connectivity index (χ0v) is 12.4. The average molecular weight is 317 g/mol. The van der Waals surface area contributed by atoms with Crippen LogP contribution in [0, 0.1) is 16.0 Å². The summed E-state index contributed by atoms with van der Waals surface area (Å²) in [5.74, 6) is 0.0844. The van der Waals surface area contributed by atoms with Crippen molar-refractivity contribution in [1.29, 1.82) is 0 Å². The van der Waals surface area contributed by atoms with Crippen molar-refractivity contribution in [3.63, 3.8) is 0 Å². The molecular formula is C13H14Cl2N2O3. The Morgan fingerprint density at radius 1 is 1.50 bits per heavy atom. The number of hydrogen-bond acceptors (Lipinski definition) is 3. The van der Waals surface area contributed by atoms with E-state index >= 15 is 0 Å². The topological polar surface area (TPSA) is 72.2 Å². The van der Waals surface area contributed by atoms with Gasteiger partial charge < -0.3 is 5.32 Å². The zero-order chi connectivity index (χ0) is 14.9. The molecule has 1 saturated carbocycles. The Kier molecular flexibility index (Phi) is 4.50. The fraction of sp³-hybridized carbons (Fsp3) is 0.462. The molecule has 2 rings (SSSR count). The highest BCUT2D eigenvalue weighted by Crippen LogP contribution is 2.36. The number of halogens is 2. The third-order valence-electron chi connectivity index (χ3n) is 3.37. The molecule has 0 aromatic heterocycles. The lowest BCUT2D eigenvalue weighted by Crippen LogP contribution is -2.27. The molecule has 1 aliphatic rings. The fourth-order valence-electron chi connectivity index (χ4n) is 2.21. The predicted octanol–water partition coefficient (Wildman–Crippen LogP) is 3.82. The van der Waals surface area contributed by atoms with Gasteiger partial charge in [0.25, 0.3) is 11.6 Å². The van der Waals surface area contributed by atoms with Gasteiger partial charge in [0.1, 0.15) is 0 Å². The molecule has 0 saturated heterocycles. The van der Waals surface area contributed by atoms with Gasteiger partial charge in [0.15, 0.2) is 0 Å². The smallest absolute Gasteiger partial charge is 0.271 e. The van der Waals surface area contributed by atoms with Crippen LogP contribution in [-0.2, 0) is 0 Å². The summed E-state index contributed by atoms with van der Waals surface area (Å²) in [7, 11) is 0. The first kappa shape index (κ1) is 15.1. The lowest BCUT2D eigenvalue weighted by Gasteiger charge is -2.07. The van der Waals surface area contributed by atoms with Crippen LogP contribution in [0.4, 0.5) is 5.69 Å². The molecule has 108 valence electrons. The van der Waals surface area contributed by atoms with E-state index in [-0.39, 0.29) is 27.3 Å². The molecule has 1 amide bonds. The molecule has 1 aromatic carbocycles. The number of hydrogen-bond donors (Lipinski definition) is 1. The first-order valence-electron chi connectivity index (χ1n) is 6.38. The van der Waals surface area contributed by atoms with Crippen molar-refractivity contribution in [1.82, 2.24) is 5.32 Å². The minimum absolute atomic E-state index is 0.00641. The summed E-state index contributed by atoms with van der Waals surface area (Å²) in [4.78, 5) is 22.3. The molecule has 2 unspecified atom stereocenters. The largest absolute Gasteiger partial charge is 0.349 e. The highest BCUT2D eigenvalue weighted by Gasteiger charge is 2.37. The number of rotatable bonds is 5. The van der Waals surface area contributed by atoms with E-state index in [1.807, 2.05) is 0 Å². The third kappa shape index (κ3) is 3.22. The zero-order valence-electron chi connectivity index (χ0n) is 10.9. The Bertz CT molecular complexity index is 563. The van der Waals surface area contributed by atoms with Crippen molar-refractivity contribution in [3.05, 3.63) is 37.9 Å². The molecule has 1 aliphatic carbocycles. The van der Waals surface area contributed by atoms with E-state index in [1.54, 1.807) is 0 Å². The highest BCUT2D eigenvalue weighted by atomic mass is 35.5. The second-order valence-corrected chi connectivity index (χ2v) is 5.70. The SMILES string of the molecule is CCCC1CC1NC(=O)c1cc([N+](=O)[O-])cc(Cl)c1Cl. The lowest BCUT2D eigenvalue weighted by atomic mass is 10.1. The third-order valence-corrected chi connectivity index (χ3v) is 4.17. The summed E-state index contributed by atoms with van der Waals surface area (Å²) < 4.78 is 0. The number of amides is 1. The predicted molar refractivity (Wildman–Crippen MR) is 77.4 cm³/mol. The first-order chi connectivity index (χ1) is 9.43. The molecule has 1 aromatic rings. The molecule has 2 atom stereocenters. The maximum absolute atomic E-state index is 12.1. The van der Waals surface area contributed by atoms with Crippen LogP contribution < -0.4 is 5.32 Å². The Balaban J connectivity index is 2.15. The number of nitro benzene ring substituents is 1. The standard InChI is InChI=1S/C13H14Cl2N2O3/c1-2-3-7-4-11(7)16-13(18)9-5-8(17(19)20)6-10(14)12(9)15/h5-7,11H,2-4H2,1H3,(H,16,18). The van der Waals surface area contributed by atoms with Crippen LogP contribution in [0.1, 0.15) is 36.5 Å². The molecule has 7 heteroatoms. The summed E-state index contributed by atoms with van der Waals surface area (Å²) in [6, 6.07) is 2.43. The van der Waals surface area contributed by atoms with Crippen molar-refractivity contribution in [3.8, 4) is 0 Å². The molecule has 0 heterocycles. The van der Waals surface area contributed by atoms with Crippen LogP contribution in [0.5, 0.6) is 0 Å². The number of carbonyl (C=O) groups excluding carboxylic acids is 1. The maximum atomic E-state index is 12.1. The van der Waals surface area contributed by atoms with Crippen LogP contribution >= 0.6 is 23.2 Å². The van der Waals surface area contributed by atoms with E-state index in [4.69, 9.17) is 23.2 Å². The fourth-order valence-corrected chi connectivity index (χ4v) is 2.61. The molecule has 0 spiro atoms. The average Bonchev–Trinajstić information content (AvgIpc) is 3.10. The van der Waals surface area contributed by atoms with E-state index in [0.717, 1.165) is 31.4 Å². The summed E-state index contributed by atoms with van der Waals surface area (Å²) in [6.07, 6.45) is 3.08. The quantitative estimate of drug-likeness (QED) is 0.663. The van der Waals surface area contributed by atoms with Gasteiger partial charge in [-0.05, 0) is 18.8 Å². The molecular weight excluding hydrogens is 303 g/mol. The van der Waals surface area contributed by atoms with Crippen molar-refractivity contribution in [2.24, 2.45) is 5.92 Å². The van der Waals surface area contributed by atoms with Crippen LogP contribution in [0.15, 0.2) is 12.1 Å². The number of carbonyl (C=O) groups is 1. The van der Waals surface area contributed by atoms with Crippen LogP contribution in [0.25, 0.3) is 0 Å². The maximum Gasteiger partial charge on any atom is 0.271 e. The van der Waals surface area contributed by atoms with Crippen molar-refractivity contribution in [2.45, 2.75) is 32.2 Å². The van der Waals surface area contributed by atoms with Gasteiger partial charge in [0.05, 0.1) is 20.5 Å². The molecule has 1 N–H and O–H groups in total. The van der Waals surface area contributed by atoms with Crippen LogP contribution in [0.2, 0.25) is 10.0 Å². The second-order valence-electron chi connectivity index (χ2n) is 4.91. The van der Waals surface area contributed by atoms with Gasteiger partial charge in [-0.15, -0.1) is 0 Å². The molecule has 1 fully saturated rings. The molecule has 0 aliphatic heterocycles. The Hall–Kier alpha value is -1.33. The first-order valence-corrected chi connectivity index (χ1v) is 7.14. The molecule has 20 heavy (non-hydrogen) atoms. The summed E-state index contributed by atoms with van der Waals surface area (Å²) >= 11 is 11.8. The van der Waals surface area contributed by atoms with Crippen LogP contribution in [-0.4, -0.2) is 16.9 Å². The Morgan fingerprint density at radius 2 is 2.20 bits per heavy atom. The van der Waals surface area contributed by atoms with Crippen molar-refractivity contribution >= 4 is 34.8 Å². The minimum atomic E-state index is -0.601. The molecule has 0 radical (unpaired) electrons. The lowest BCUT2D eigenvalue weighted by molar-refractivity contribution is -0.384. The number of nitrogens with one attached hydrogen (secondary N) is 1. The second kappa shape index (κ2) is 5.97. The van der Waals surface area contributed by atoms with Crippen molar-refractivity contribution in [2.75, 3.05) is 0 Å². The summed E-state index contributed by atoms with van der Waals surface area (Å²) in [6.45, 7) is 2.09. The van der Waals surface area contributed by atoms with E-state index in [1.165, 1.54) is 0 Å². The summed E-state index contributed by atoms with van der Waals surface area (Å²) in [5, 5.41) is 13.7. The number of non-ortho nitro benzene ring substituents is 1. The Morgan fingerprint density at radius 3 is 2.80 bits per heavy atom. The van der Waals surface area contributed by atoms with E-state index in [2.05, 4.69) is 12.2 Å². The van der Waals surface area contributed by atoms with Gasteiger partial charge in [-0.2, -0.15) is 0 Å². The van der Waals surface area contributed by atoms with Gasteiger partial charge in [-0.1, -0.05) is 36.5 Å². The summed E-state index contributed by atoms with van der Waals surface area (Å²) in [5.41, 5.74) is -0.196. The number of nitrogens with zero attached hydrogens (tertiary/aromatic N) is 1. The van der Waals surface area contributed by atoms with Crippen molar-refractivity contribution < 1.29 is 9.72 Å². The van der Waals surface area contributed by atoms with Gasteiger partial charge in [0.2, 0.25) is 0 Å². The molecule has 0 bridgehead atoms. The number of benzene rings is 1. The Labute approximate surface area is 126 Å².